The lowest BCUT2D eigenvalue weighted by atomic mass is 10.2. The van der Waals surface area contributed by atoms with Crippen LogP contribution in [0.15, 0.2) is 66.9 Å². The van der Waals surface area contributed by atoms with Gasteiger partial charge in [-0.05, 0) is 67.6 Å². The van der Waals surface area contributed by atoms with Gasteiger partial charge in [-0.1, -0.05) is 0 Å². The van der Waals surface area contributed by atoms with Gasteiger partial charge in [0.15, 0.2) is 0 Å². The molecule has 0 atom stereocenters. The fourth-order valence-electron chi connectivity index (χ4n) is 2.33. The molecule has 1 heterocycles. The molecule has 0 unspecified atom stereocenters. The quantitative estimate of drug-likeness (QED) is 0.680. The molecule has 0 aliphatic carbocycles. The van der Waals surface area contributed by atoms with E-state index in [2.05, 4.69) is 15.6 Å². The van der Waals surface area contributed by atoms with E-state index in [1.165, 1.54) is 12.1 Å². The number of hydrogen-bond donors (Lipinski definition) is 2. The first-order valence-electron chi connectivity index (χ1n) is 8.17. The number of carbonyl (C=O) groups excluding carboxylic acids is 1. The third kappa shape index (κ3) is 4.57. The second-order valence-corrected chi connectivity index (χ2v) is 5.47. The summed E-state index contributed by atoms with van der Waals surface area (Å²) < 4.78 is 18.3. The zero-order valence-corrected chi connectivity index (χ0v) is 14.2. The number of pyridine rings is 1. The number of carbonyl (C=O) groups is 1. The molecule has 0 radical (unpaired) electrons. The van der Waals surface area contributed by atoms with Crippen molar-refractivity contribution in [3.63, 3.8) is 0 Å². The molecule has 3 rings (SSSR count). The molecule has 2 N–H and O–H groups in total. The third-order valence-corrected chi connectivity index (χ3v) is 3.55. The molecule has 0 bridgehead atoms. The van der Waals surface area contributed by atoms with Gasteiger partial charge in [-0.15, -0.1) is 0 Å². The molecule has 2 aromatic carbocycles. The lowest BCUT2D eigenvalue weighted by Gasteiger charge is -2.09. The molecule has 132 valence electrons. The van der Waals surface area contributed by atoms with Crippen LogP contribution in [-0.2, 0) is 0 Å². The summed E-state index contributed by atoms with van der Waals surface area (Å²) in [7, 11) is 0. The first kappa shape index (κ1) is 17.4. The van der Waals surface area contributed by atoms with Crippen LogP contribution in [0, 0.1) is 5.82 Å². The van der Waals surface area contributed by atoms with E-state index in [-0.39, 0.29) is 17.4 Å². The van der Waals surface area contributed by atoms with Crippen molar-refractivity contribution in [3.05, 3.63) is 78.4 Å². The predicted octanol–water partition coefficient (Wildman–Crippen LogP) is 4.62. The summed E-state index contributed by atoms with van der Waals surface area (Å²) in [6.45, 7) is 2.50. The predicted molar refractivity (Wildman–Crippen MR) is 99.5 cm³/mol. The van der Waals surface area contributed by atoms with Gasteiger partial charge in [0.2, 0.25) is 0 Å². The van der Waals surface area contributed by atoms with Crippen molar-refractivity contribution >= 4 is 23.0 Å². The van der Waals surface area contributed by atoms with Crippen LogP contribution in [0.3, 0.4) is 0 Å². The highest BCUT2D eigenvalue weighted by Gasteiger charge is 2.09. The second kappa shape index (κ2) is 8.11. The number of aromatic nitrogens is 1. The number of ether oxygens (including phenoxy) is 1. The normalized spacial score (nSPS) is 10.2. The van der Waals surface area contributed by atoms with Crippen molar-refractivity contribution < 1.29 is 13.9 Å². The molecule has 5 nitrogen and oxygen atoms in total. The van der Waals surface area contributed by atoms with Crippen LogP contribution in [-0.4, -0.2) is 17.5 Å². The molecule has 0 fully saturated rings. The Morgan fingerprint density at radius 3 is 2.38 bits per heavy atom. The van der Waals surface area contributed by atoms with Crippen molar-refractivity contribution in [3.8, 4) is 5.75 Å². The Morgan fingerprint density at radius 2 is 1.69 bits per heavy atom. The Labute approximate surface area is 150 Å². The monoisotopic (exact) mass is 351 g/mol. The average Bonchev–Trinajstić information content (AvgIpc) is 2.66. The average molecular weight is 351 g/mol. The maximum Gasteiger partial charge on any atom is 0.274 e. The van der Waals surface area contributed by atoms with E-state index in [0.29, 0.717) is 18.0 Å². The highest BCUT2D eigenvalue weighted by atomic mass is 19.1. The summed E-state index contributed by atoms with van der Waals surface area (Å²) in [5, 5.41) is 5.90. The number of hydrogen-bond acceptors (Lipinski definition) is 4. The van der Waals surface area contributed by atoms with Crippen molar-refractivity contribution in [2.24, 2.45) is 0 Å². The molecule has 0 saturated carbocycles. The molecular formula is C20H18FN3O2. The number of halogens is 1. The van der Waals surface area contributed by atoms with Gasteiger partial charge in [0.1, 0.15) is 17.3 Å². The van der Waals surface area contributed by atoms with Crippen molar-refractivity contribution in [2.75, 3.05) is 17.2 Å². The summed E-state index contributed by atoms with van der Waals surface area (Å²) in [6.07, 6.45) is 1.54. The minimum Gasteiger partial charge on any atom is -0.494 e. The highest BCUT2D eigenvalue weighted by Crippen LogP contribution is 2.19. The van der Waals surface area contributed by atoms with E-state index in [0.717, 1.165) is 11.4 Å². The van der Waals surface area contributed by atoms with Gasteiger partial charge in [-0.2, -0.15) is 0 Å². The maximum absolute atomic E-state index is 13.0. The Morgan fingerprint density at radius 1 is 1.00 bits per heavy atom. The molecule has 26 heavy (non-hydrogen) atoms. The first-order chi connectivity index (χ1) is 12.6. The molecule has 1 aromatic heterocycles. The van der Waals surface area contributed by atoms with Gasteiger partial charge in [-0.3, -0.25) is 9.78 Å². The smallest absolute Gasteiger partial charge is 0.274 e. The van der Waals surface area contributed by atoms with Gasteiger partial charge < -0.3 is 15.4 Å². The zero-order valence-electron chi connectivity index (χ0n) is 14.2. The number of anilines is 3. The molecule has 0 saturated heterocycles. The van der Waals surface area contributed by atoms with Crippen LogP contribution < -0.4 is 15.4 Å². The fraction of sp³-hybridized carbons (Fsp3) is 0.100. The second-order valence-electron chi connectivity index (χ2n) is 5.47. The van der Waals surface area contributed by atoms with E-state index < -0.39 is 0 Å². The minimum atomic E-state index is -0.322. The SMILES string of the molecule is CCOc1ccc(NC(=O)c2cc(Nc3ccc(F)cc3)ccn2)cc1. The van der Waals surface area contributed by atoms with Gasteiger partial charge in [0.25, 0.3) is 5.91 Å². The summed E-state index contributed by atoms with van der Waals surface area (Å²) in [5.41, 5.74) is 2.32. The number of benzene rings is 2. The lowest BCUT2D eigenvalue weighted by Crippen LogP contribution is -2.13. The zero-order chi connectivity index (χ0) is 18.4. The Bertz CT molecular complexity index is 880. The molecule has 6 heteroatoms. The minimum absolute atomic E-state index is 0.269. The van der Waals surface area contributed by atoms with E-state index in [1.807, 2.05) is 6.92 Å². The van der Waals surface area contributed by atoms with E-state index in [9.17, 15) is 9.18 Å². The number of nitrogens with zero attached hydrogens (tertiary/aromatic N) is 1. The van der Waals surface area contributed by atoms with Crippen molar-refractivity contribution in [1.29, 1.82) is 0 Å². The van der Waals surface area contributed by atoms with E-state index >= 15 is 0 Å². The number of amides is 1. The first-order valence-corrected chi connectivity index (χ1v) is 8.17. The Kier molecular flexibility index (Phi) is 5.43. The van der Waals surface area contributed by atoms with Crippen LogP contribution in [0.25, 0.3) is 0 Å². The Balaban J connectivity index is 1.68. The summed E-state index contributed by atoms with van der Waals surface area (Å²) in [4.78, 5) is 16.5. The molecule has 0 aliphatic rings. The molecule has 0 aliphatic heterocycles. The van der Waals surface area contributed by atoms with Gasteiger partial charge in [-0.25, -0.2) is 4.39 Å². The molecule has 0 spiro atoms. The lowest BCUT2D eigenvalue weighted by molar-refractivity contribution is 0.102. The van der Waals surface area contributed by atoms with Gasteiger partial charge >= 0.3 is 0 Å². The van der Waals surface area contributed by atoms with Crippen LogP contribution in [0.5, 0.6) is 5.75 Å². The van der Waals surface area contributed by atoms with E-state index in [1.54, 1.807) is 54.7 Å². The highest BCUT2D eigenvalue weighted by molar-refractivity contribution is 6.03. The Hall–Kier alpha value is -3.41. The topological polar surface area (TPSA) is 63.2 Å². The van der Waals surface area contributed by atoms with Crippen LogP contribution in [0.1, 0.15) is 17.4 Å². The van der Waals surface area contributed by atoms with Crippen LogP contribution >= 0.6 is 0 Å². The summed E-state index contributed by atoms with van der Waals surface area (Å²) in [6, 6.07) is 16.5. The maximum atomic E-state index is 13.0. The van der Waals surface area contributed by atoms with Crippen molar-refractivity contribution in [1.82, 2.24) is 4.98 Å². The summed E-state index contributed by atoms with van der Waals surface area (Å²) >= 11 is 0. The number of rotatable bonds is 6. The van der Waals surface area contributed by atoms with Crippen LogP contribution in [0.4, 0.5) is 21.5 Å². The number of nitrogens with one attached hydrogen (secondary N) is 2. The van der Waals surface area contributed by atoms with Crippen LogP contribution in [0.2, 0.25) is 0 Å². The van der Waals surface area contributed by atoms with Crippen molar-refractivity contribution in [2.45, 2.75) is 6.92 Å². The molecular weight excluding hydrogens is 333 g/mol. The molecule has 1 amide bonds. The fourth-order valence-corrected chi connectivity index (χ4v) is 2.33. The molecule has 3 aromatic rings. The van der Waals surface area contributed by atoms with E-state index in [4.69, 9.17) is 4.74 Å². The van der Waals surface area contributed by atoms with Gasteiger partial charge in [0, 0.05) is 23.3 Å². The van der Waals surface area contributed by atoms with Gasteiger partial charge in [0.05, 0.1) is 6.61 Å². The third-order valence-electron chi connectivity index (χ3n) is 3.55. The largest absolute Gasteiger partial charge is 0.494 e. The summed E-state index contributed by atoms with van der Waals surface area (Å²) in [5.74, 6) is 0.117. The standard InChI is InChI=1S/C20H18FN3O2/c1-2-26-18-9-7-16(8-10-18)24-20(25)19-13-17(11-12-22-19)23-15-5-3-14(21)4-6-15/h3-13H,2H2,1H3,(H,22,23)(H,24,25).